The highest BCUT2D eigenvalue weighted by Crippen LogP contribution is 2.18. The van der Waals surface area contributed by atoms with Gasteiger partial charge in [-0.25, -0.2) is 0 Å². The summed E-state index contributed by atoms with van der Waals surface area (Å²) >= 11 is 1.85. The maximum atomic E-state index is 9.55. The Kier molecular flexibility index (Phi) is 4.38. The van der Waals surface area contributed by atoms with E-state index in [4.69, 9.17) is 0 Å². The molecule has 1 N–H and O–H groups in total. The molecule has 0 spiro atoms. The van der Waals surface area contributed by atoms with Crippen molar-refractivity contribution in [2.24, 2.45) is 0 Å². The van der Waals surface area contributed by atoms with Crippen LogP contribution in [0.1, 0.15) is 31.1 Å². The van der Waals surface area contributed by atoms with Crippen molar-refractivity contribution in [2.75, 3.05) is 13.1 Å². The van der Waals surface area contributed by atoms with Gasteiger partial charge in [0.25, 0.3) is 0 Å². The van der Waals surface area contributed by atoms with E-state index in [9.17, 15) is 5.11 Å². The first-order chi connectivity index (χ1) is 7.75. The summed E-state index contributed by atoms with van der Waals surface area (Å²) in [5, 5.41) is 11.7. The molecular formula is C13H21NOS. The zero-order valence-electron chi connectivity index (χ0n) is 9.93. The van der Waals surface area contributed by atoms with Crippen molar-refractivity contribution in [3.63, 3.8) is 0 Å². The van der Waals surface area contributed by atoms with Gasteiger partial charge < -0.3 is 10.0 Å². The average Bonchev–Trinajstić information content (AvgIpc) is 2.74. The Labute approximate surface area is 102 Å². The van der Waals surface area contributed by atoms with Crippen LogP contribution >= 0.6 is 11.3 Å². The zero-order valence-corrected chi connectivity index (χ0v) is 10.7. The van der Waals surface area contributed by atoms with Gasteiger partial charge in [0, 0.05) is 17.5 Å². The molecule has 0 radical (unpaired) electrons. The van der Waals surface area contributed by atoms with Gasteiger partial charge in [-0.2, -0.15) is 0 Å². The summed E-state index contributed by atoms with van der Waals surface area (Å²) < 4.78 is 0. The van der Waals surface area contributed by atoms with Gasteiger partial charge in [0.2, 0.25) is 0 Å². The Morgan fingerprint density at radius 1 is 1.56 bits per heavy atom. The lowest BCUT2D eigenvalue weighted by Crippen LogP contribution is -2.43. The van der Waals surface area contributed by atoms with Gasteiger partial charge in [-0.15, -0.1) is 11.3 Å². The Morgan fingerprint density at radius 3 is 3.12 bits per heavy atom. The molecule has 3 heteroatoms. The van der Waals surface area contributed by atoms with E-state index in [0.717, 1.165) is 19.4 Å². The molecule has 1 aliphatic rings. The van der Waals surface area contributed by atoms with Gasteiger partial charge in [-0.05, 0) is 50.6 Å². The normalized spacial score (nSPS) is 27.1. The molecule has 2 atom stereocenters. The van der Waals surface area contributed by atoms with E-state index in [0.29, 0.717) is 6.04 Å². The van der Waals surface area contributed by atoms with Crippen LogP contribution in [-0.4, -0.2) is 35.2 Å². The first-order valence-electron chi connectivity index (χ1n) is 6.20. The van der Waals surface area contributed by atoms with Crippen LogP contribution in [0.4, 0.5) is 0 Å². The first-order valence-corrected chi connectivity index (χ1v) is 7.08. The molecule has 0 aliphatic carbocycles. The van der Waals surface area contributed by atoms with Crippen molar-refractivity contribution in [3.05, 3.63) is 22.4 Å². The number of rotatable bonds is 4. The summed E-state index contributed by atoms with van der Waals surface area (Å²) in [5.41, 5.74) is 0. The minimum atomic E-state index is -0.0662. The number of likely N-dealkylation sites (tertiary alicyclic amines) is 1. The highest BCUT2D eigenvalue weighted by atomic mass is 32.1. The minimum Gasteiger partial charge on any atom is -0.393 e. The van der Waals surface area contributed by atoms with E-state index in [2.05, 4.69) is 29.3 Å². The van der Waals surface area contributed by atoms with E-state index < -0.39 is 0 Å². The van der Waals surface area contributed by atoms with Gasteiger partial charge in [0.15, 0.2) is 0 Å². The monoisotopic (exact) mass is 239 g/mol. The Balaban J connectivity index is 1.69. The number of nitrogens with zero attached hydrogens (tertiary/aromatic N) is 1. The molecule has 0 amide bonds. The molecule has 0 saturated carbocycles. The van der Waals surface area contributed by atoms with Crippen molar-refractivity contribution in [1.82, 2.24) is 4.90 Å². The lowest BCUT2D eigenvalue weighted by molar-refractivity contribution is 0.0479. The van der Waals surface area contributed by atoms with Gasteiger partial charge in [-0.3, -0.25) is 0 Å². The molecule has 0 bridgehead atoms. The van der Waals surface area contributed by atoms with E-state index in [-0.39, 0.29) is 6.10 Å². The number of hydrogen-bond acceptors (Lipinski definition) is 3. The fourth-order valence-corrected chi connectivity index (χ4v) is 3.19. The number of aryl methyl sites for hydroxylation is 1. The third kappa shape index (κ3) is 3.30. The number of piperidine rings is 1. The van der Waals surface area contributed by atoms with Crippen molar-refractivity contribution >= 4 is 11.3 Å². The van der Waals surface area contributed by atoms with Crippen LogP contribution in [0.15, 0.2) is 17.5 Å². The van der Waals surface area contributed by atoms with Crippen molar-refractivity contribution < 1.29 is 5.11 Å². The highest BCUT2D eigenvalue weighted by Gasteiger charge is 2.23. The van der Waals surface area contributed by atoms with Crippen LogP contribution < -0.4 is 0 Å². The molecule has 1 aliphatic heterocycles. The number of aliphatic hydroxyl groups is 1. The van der Waals surface area contributed by atoms with Crippen LogP contribution in [0.3, 0.4) is 0 Å². The molecule has 1 saturated heterocycles. The number of aliphatic hydroxyl groups excluding tert-OH is 1. The summed E-state index contributed by atoms with van der Waals surface area (Å²) in [7, 11) is 0. The van der Waals surface area contributed by atoms with E-state index >= 15 is 0 Å². The lowest BCUT2D eigenvalue weighted by atomic mass is 10.0. The summed E-state index contributed by atoms with van der Waals surface area (Å²) in [6, 6.07) is 4.89. The first kappa shape index (κ1) is 12.1. The number of thiophene rings is 1. The fraction of sp³-hybridized carbons (Fsp3) is 0.692. The van der Waals surface area contributed by atoms with E-state index in [1.54, 1.807) is 0 Å². The smallest absolute Gasteiger partial charge is 0.0567 e. The maximum absolute atomic E-state index is 9.55. The quantitative estimate of drug-likeness (QED) is 0.873. The van der Waals surface area contributed by atoms with Crippen LogP contribution in [0.2, 0.25) is 0 Å². The Morgan fingerprint density at radius 2 is 2.44 bits per heavy atom. The second-order valence-electron chi connectivity index (χ2n) is 4.75. The largest absolute Gasteiger partial charge is 0.393 e. The molecule has 2 heterocycles. The molecule has 0 aromatic carbocycles. The SMILES string of the molecule is CC1CC(O)CCN1CCCc1cccs1. The molecule has 2 unspecified atom stereocenters. The Hall–Kier alpha value is -0.380. The van der Waals surface area contributed by atoms with E-state index in [1.807, 2.05) is 11.3 Å². The molecule has 1 fully saturated rings. The standard InChI is InChI=1S/C13H21NOS/c1-11-10-12(15)6-8-14(11)7-2-4-13-5-3-9-16-13/h3,5,9,11-12,15H,2,4,6-8,10H2,1H3. The van der Waals surface area contributed by atoms with Crippen molar-refractivity contribution in [3.8, 4) is 0 Å². The molecule has 2 rings (SSSR count). The average molecular weight is 239 g/mol. The maximum Gasteiger partial charge on any atom is 0.0567 e. The Bertz CT molecular complexity index is 299. The lowest BCUT2D eigenvalue weighted by Gasteiger charge is -2.35. The van der Waals surface area contributed by atoms with Gasteiger partial charge in [-0.1, -0.05) is 6.07 Å². The van der Waals surface area contributed by atoms with Crippen LogP contribution in [0.25, 0.3) is 0 Å². The van der Waals surface area contributed by atoms with Crippen LogP contribution in [-0.2, 0) is 6.42 Å². The minimum absolute atomic E-state index is 0.0662. The van der Waals surface area contributed by atoms with Gasteiger partial charge in [0.1, 0.15) is 0 Å². The topological polar surface area (TPSA) is 23.5 Å². The van der Waals surface area contributed by atoms with Gasteiger partial charge >= 0.3 is 0 Å². The third-order valence-corrected chi connectivity index (χ3v) is 4.37. The van der Waals surface area contributed by atoms with Crippen LogP contribution in [0, 0.1) is 0 Å². The molecule has 1 aromatic heterocycles. The van der Waals surface area contributed by atoms with Crippen molar-refractivity contribution in [2.45, 2.75) is 44.8 Å². The van der Waals surface area contributed by atoms with Gasteiger partial charge in [0.05, 0.1) is 6.10 Å². The second kappa shape index (κ2) is 5.80. The molecule has 90 valence electrons. The van der Waals surface area contributed by atoms with Crippen LogP contribution in [0.5, 0.6) is 0 Å². The highest BCUT2D eigenvalue weighted by molar-refractivity contribution is 7.09. The third-order valence-electron chi connectivity index (χ3n) is 3.43. The summed E-state index contributed by atoms with van der Waals surface area (Å²) in [4.78, 5) is 4.00. The van der Waals surface area contributed by atoms with Crippen molar-refractivity contribution in [1.29, 1.82) is 0 Å². The zero-order chi connectivity index (χ0) is 11.4. The molecular weight excluding hydrogens is 218 g/mol. The summed E-state index contributed by atoms with van der Waals surface area (Å²) in [6.45, 7) is 4.46. The summed E-state index contributed by atoms with van der Waals surface area (Å²) in [5.74, 6) is 0. The predicted molar refractivity (Wildman–Crippen MR) is 68.9 cm³/mol. The molecule has 1 aromatic rings. The predicted octanol–water partition coefficient (Wildman–Crippen LogP) is 2.53. The molecule has 16 heavy (non-hydrogen) atoms. The van der Waals surface area contributed by atoms with E-state index in [1.165, 1.54) is 24.3 Å². The number of hydrogen-bond donors (Lipinski definition) is 1. The summed E-state index contributed by atoms with van der Waals surface area (Å²) in [6.07, 6.45) is 4.26. The molecule has 2 nitrogen and oxygen atoms in total. The second-order valence-corrected chi connectivity index (χ2v) is 5.78. The fourth-order valence-electron chi connectivity index (χ4n) is 2.44.